The molecule has 152 valence electrons. The molecule has 0 amide bonds. The Morgan fingerprint density at radius 3 is 2.69 bits per heavy atom. The van der Waals surface area contributed by atoms with Crippen molar-refractivity contribution in [3.8, 4) is 0 Å². The van der Waals surface area contributed by atoms with Gasteiger partial charge in [0, 0.05) is 48.6 Å². The summed E-state index contributed by atoms with van der Waals surface area (Å²) in [6, 6.07) is 12.6. The van der Waals surface area contributed by atoms with Crippen molar-refractivity contribution in [3.05, 3.63) is 78.0 Å². The summed E-state index contributed by atoms with van der Waals surface area (Å²) in [6.45, 7) is 6.90. The fraction of sp³-hybridized carbons (Fsp3) is 0.375. The maximum Gasteiger partial charge on any atom is 0.131 e. The molecule has 2 aromatic rings. The van der Waals surface area contributed by atoms with E-state index >= 15 is 0 Å². The van der Waals surface area contributed by atoms with Gasteiger partial charge in [-0.1, -0.05) is 38.1 Å². The molecule has 4 nitrogen and oxygen atoms in total. The molecule has 0 aliphatic carbocycles. The van der Waals surface area contributed by atoms with Crippen LogP contribution in [-0.2, 0) is 0 Å². The molecule has 1 unspecified atom stereocenters. The Balaban J connectivity index is 1.69. The lowest BCUT2D eigenvalue weighted by Gasteiger charge is -2.49. The lowest BCUT2D eigenvalue weighted by Crippen LogP contribution is -2.60. The maximum atomic E-state index is 14.5. The Morgan fingerprint density at radius 2 is 1.97 bits per heavy atom. The van der Waals surface area contributed by atoms with E-state index in [0.717, 1.165) is 29.9 Å². The standard InChI is InChI=1S/C24H28FN3O/c1-23(2)16-26-13-11-24(23,29)17-28-14-10-18(19-7-3-4-8-21(19)25)20(15-28)22-9-5-6-12-27-22/h3-10,12,14,26,29H,11,13,15-17H2,1-2H3. The van der Waals surface area contributed by atoms with Gasteiger partial charge < -0.3 is 15.3 Å². The number of benzene rings is 1. The molecule has 1 atom stereocenters. The van der Waals surface area contributed by atoms with Crippen LogP contribution in [0.25, 0.3) is 11.1 Å². The summed E-state index contributed by atoms with van der Waals surface area (Å²) in [4.78, 5) is 6.65. The molecular formula is C24H28FN3O. The van der Waals surface area contributed by atoms with Gasteiger partial charge in [-0.3, -0.25) is 4.98 Å². The van der Waals surface area contributed by atoms with Crippen LogP contribution in [0.2, 0.25) is 0 Å². The molecule has 0 spiro atoms. The maximum absolute atomic E-state index is 14.5. The van der Waals surface area contributed by atoms with Gasteiger partial charge in [-0.25, -0.2) is 4.39 Å². The zero-order chi connectivity index (χ0) is 20.5. The summed E-state index contributed by atoms with van der Waals surface area (Å²) < 4.78 is 14.5. The number of nitrogens with zero attached hydrogens (tertiary/aromatic N) is 2. The number of aliphatic hydroxyl groups is 1. The first-order valence-corrected chi connectivity index (χ1v) is 10.1. The Hall–Kier alpha value is -2.50. The summed E-state index contributed by atoms with van der Waals surface area (Å²) in [5.41, 5.74) is 2.18. The van der Waals surface area contributed by atoms with Crippen LogP contribution in [0.4, 0.5) is 4.39 Å². The summed E-state index contributed by atoms with van der Waals surface area (Å²) in [5.74, 6) is -0.243. The number of piperidine rings is 1. The van der Waals surface area contributed by atoms with Crippen LogP contribution in [0.1, 0.15) is 31.5 Å². The van der Waals surface area contributed by atoms with Crippen LogP contribution in [0.3, 0.4) is 0 Å². The SMILES string of the molecule is CC1(C)CNCCC1(O)CN1C=CC(c2ccccc2F)=C(c2ccccn2)C1. The molecule has 5 heteroatoms. The van der Waals surface area contributed by atoms with Crippen LogP contribution < -0.4 is 5.32 Å². The van der Waals surface area contributed by atoms with E-state index < -0.39 is 5.60 Å². The first-order chi connectivity index (χ1) is 13.9. The van der Waals surface area contributed by atoms with E-state index in [4.69, 9.17) is 0 Å². The quantitative estimate of drug-likeness (QED) is 0.831. The summed E-state index contributed by atoms with van der Waals surface area (Å²) in [7, 11) is 0. The van der Waals surface area contributed by atoms with E-state index in [9.17, 15) is 9.50 Å². The number of halogens is 1. The largest absolute Gasteiger partial charge is 0.387 e. The lowest BCUT2D eigenvalue weighted by molar-refractivity contribution is -0.0991. The smallest absolute Gasteiger partial charge is 0.131 e. The first-order valence-electron chi connectivity index (χ1n) is 10.1. The van der Waals surface area contributed by atoms with Crippen molar-refractivity contribution < 1.29 is 9.50 Å². The molecule has 2 N–H and O–H groups in total. The van der Waals surface area contributed by atoms with E-state index in [-0.39, 0.29) is 11.2 Å². The molecule has 1 saturated heterocycles. The molecule has 0 radical (unpaired) electrons. The molecule has 3 heterocycles. The van der Waals surface area contributed by atoms with Crippen molar-refractivity contribution in [3.63, 3.8) is 0 Å². The Bertz CT molecular complexity index is 938. The molecule has 4 rings (SSSR count). The van der Waals surface area contributed by atoms with Crippen LogP contribution in [0, 0.1) is 11.2 Å². The van der Waals surface area contributed by atoms with E-state index in [1.54, 1.807) is 18.3 Å². The number of rotatable bonds is 4. The van der Waals surface area contributed by atoms with Gasteiger partial charge in [0.25, 0.3) is 0 Å². The highest BCUT2D eigenvalue weighted by molar-refractivity contribution is 5.96. The van der Waals surface area contributed by atoms with Crippen LogP contribution in [0.5, 0.6) is 0 Å². The number of hydrogen-bond donors (Lipinski definition) is 2. The number of nitrogens with one attached hydrogen (secondary N) is 1. The van der Waals surface area contributed by atoms with Gasteiger partial charge in [-0.05, 0) is 42.8 Å². The first kappa shape index (κ1) is 19.8. The minimum absolute atomic E-state index is 0.236. The number of hydrogen-bond acceptors (Lipinski definition) is 4. The van der Waals surface area contributed by atoms with Crippen molar-refractivity contribution in [1.29, 1.82) is 0 Å². The monoisotopic (exact) mass is 393 g/mol. The highest BCUT2D eigenvalue weighted by atomic mass is 19.1. The molecule has 0 saturated carbocycles. The van der Waals surface area contributed by atoms with Crippen molar-refractivity contribution in [2.45, 2.75) is 25.9 Å². The Morgan fingerprint density at radius 1 is 1.17 bits per heavy atom. The summed E-state index contributed by atoms with van der Waals surface area (Å²) >= 11 is 0. The average molecular weight is 394 g/mol. The molecule has 29 heavy (non-hydrogen) atoms. The fourth-order valence-electron chi connectivity index (χ4n) is 4.25. The Kier molecular flexibility index (Phi) is 5.28. The second-order valence-corrected chi connectivity index (χ2v) is 8.65. The molecular weight excluding hydrogens is 365 g/mol. The lowest BCUT2D eigenvalue weighted by atomic mass is 9.70. The normalized spacial score (nSPS) is 24.1. The molecule has 1 aromatic carbocycles. The van der Waals surface area contributed by atoms with Crippen molar-refractivity contribution >= 4 is 11.1 Å². The van der Waals surface area contributed by atoms with Gasteiger partial charge in [0.15, 0.2) is 0 Å². The Labute approximate surface area is 171 Å². The van der Waals surface area contributed by atoms with Crippen LogP contribution in [-0.4, -0.2) is 46.8 Å². The zero-order valence-corrected chi connectivity index (χ0v) is 17.0. The van der Waals surface area contributed by atoms with Gasteiger partial charge in [-0.15, -0.1) is 0 Å². The number of allylic oxidation sites excluding steroid dienone is 2. The van der Waals surface area contributed by atoms with Crippen molar-refractivity contribution in [2.24, 2.45) is 5.41 Å². The van der Waals surface area contributed by atoms with Gasteiger partial charge in [0.2, 0.25) is 0 Å². The third kappa shape index (κ3) is 3.85. The van der Waals surface area contributed by atoms with E-state index in [0.29, 0.717) is 25.1 Å². The molecule has 2 aliphatic heterocycles. The minimum Gasteiger partial charge on any atom is -0.387 e. The van der Waals surface area contributed by atoms with Crippen molar-refractivity contribution in [1.82, 2.24) is 15.2 Å². The molecule has 1 fully saturated rings. The predicted molar refractivity (Wildman–Crippen MR) is 114 cm³/mol. The average Bonchev–Trinajstić information content (AvgIpc) is 2.72. The molecule has 1 aromatic heterocycles. The summed E-state index contributed by atoms with van der Waals surface area (Å²) in [6.07, 6.45) is 6.38. The fourth-order valence-corrected chi connectivity index (χ4v) is 4.25. The second-order valence-electron chi connectivity index (χ2n) is 8.65. The third-order valence-electron chi connectivity index (χ3n) is 6.28. The molecule has 0 bridgehead atoms. The van der Waals surface area contributed by atoms with Gasteiger partial charge >= 0.3 is 0 Å². The zero-order valence-electron chi connectivity index (χ0n) is 17.0. The number of pyridine rings is 1. The summed E-state index contributed by atoms with van der Waals surface area (Å²) in [5, 5.41) is 14.8. The van der Waals surface area contributed by atoms with E-state index in [2.05, 4.69) is 29.0 Å². The second kappa shape index (κ2) is 7.73. The van der Waals surface area contributed by atoms with Crippen LogP contribution >= 0.6 is 0 Å². The predicted octanol–water partition coefficient (Wildman–Crippen LogP) is 3.71. The minimum atomic E-state index is -0.798. The highest BCUT2D eigenvalue weighted by Gasteiger charge is 2.46. The van der Waals surface area contributed by atoms with E-state index in [1.165, 1.54) is 6.07 Å². The third-order valence-corrected chi connectivity index (χ3v) is 6.28. The molecule has 2 aliphatic rings. The highest BCUT2D eigenvalue weighted by Crippen LogP contribution is 2.38. The van der Waals surface area contributed by atoms with Crippen molar-refractivity contribution in [2.75, 3.05) is 26.2 Å². The topological polar surface area (TPSA) is 48.4 Å². The van der Waals surface area contributed by atoms with Gasteiger partial charge in [0.1, 0.15) is 5.82 Å². The number of β-amino-alcohol motifs (C(OH)–C–C–N with tert-alkyl or cyclic N) is 1. The van der Waals surface area contributed by atoms with Gasteiger partial charge in [-0.2, -0.15) is 0 Å². The van der Waals surface area contributed by atoms with Gasteiger partial charge in [0.05, 0.1) is 11.3 Å². The number of aromatic nitrogens is 1. The van der Waals surface area contributed by atoms with E-state index in [1.807, 2.05) is 36.5 Å². The van der Waals surface area contributed by atoms with Crippen LogP contribution in [0.15, 0.2) is 60.9 Å².